The van der Waals surface area contributed by atoms with E-state index in [0.717, 1.165) is 36.2 Å². The second-order valence-electron chi connectivity index (χ2n) is 6.18. The summed E-state index contributed by atoms with van der Waals surface area (Å²) in [7, 11) is 0. The third kappa shape index (κ3) is 3.82. The lowest BCUT2D eigenvalue weighted by Crippen LogP contribution is -2.21. The number of nitrogens with one attached hydrogen (secondary N) is 1. The van der Waals surface area contributed by atoms with Crippen LogP contribution < -0.4 is 5.32 Å². The van der Waals surface area contributed by atoms with Gasteiger partial charge in [0.15, 0.2) is 0 Å². The van der Waals surface area contributed by atoms with E-state index in [9.17, 15) is 4.79 Å². The zero-order valence-electron chi connectivity index (χ0n) is 14.2. The lowest BCUT2D eigenvalue weighted by atomic mass is 10.1. The molecular formula is C20H23N3O. The van der Waals surface area contributed by atoms with Gasteiger partial charge < -0.3 is 9.88 Å². The Kier molecular flexibility index (Phi) is 4.94. The lowest BCUT2D eigenvalue weighted by molar-refractivity contribution is -0.118. The van der Waals surface area contributed by atoms with Crippen molar-refractivity contribution in [2.24, 2.45) is 0 Å². The monoisotopic (exact) mass is 321 g/mol. The topological polar surface area (TPSA) is 46.9 Å². The van der Waals surface area contributed by atoms with Crippen LogP contribution in [-0.4, -0.2) is 22.0 Å². The van der Waals surface area contributed by atoms with Crippen molar-refractivity contribution in [3.8, 4) is 0 Å². The average molecular weight is 321 g/mol. The second-order valence-corrected chi connectivity index (χ2v) is 6.18. The number of nitrogens with zero attached hydrogens (tertiary/aromatic N) is 2. The van der Waals surface area contributed by atoms with E-state index in [-0.39, 0.29) is 5.91 Å². The van der Waals surface area contributed by atoms with Crippen LogP contribution in [0.4, 0.5) is 0 Å². The summed E-state index contributed by atoms with van der Waals surface area (Å²) in [5.74, 6) is 1.09. The Hall–Kier alpha value is -2.62. The number of fused-ring (bicyclic) bond motifs is 1. The molecule has 124 valence electrons. The Morgan fingerprint density at radius 1 is 1.17 bits per heavy atom. The SMILES string of the molecule is CC(=O)NCCCc1nc2ccccc2n1Cc1cccc(C)c1. The first kappa shape index (κ1) is 16.2. The fraction of sp³-hybridized carbons (Fsp3) is 0.300. The van der Waals surface area contributed by atoms with Gasteiger partial charge in [0.05, 0.1) is 11.0 Å². The van der Waals surface area contributed by atoms with Crippen LogP contribution in [0.25, 0.3) is 11.0 Å². The van der Waals surface area contributed by atoms with Crippen molar-refractivity contribution in [1.82, 2.24) is 14.9 Å². The number of benzene rings is 2. The molecule has 1 amide bonds. The molecule has 1 aromatic heterocycles. The number of imidazole rings is 1. The molecule has 1 heterocycles. The average Bonchev–Trinajstić information content (AvgIpc) is 2.89. The summed E-state index contributed by atoms with van der Waals surface area (Å²) in [6.07, 6.45) is 1.73. The summed E-state index contributed by atoms with van der Waals surface area (Å²) in [4.78, 5) is 15.8. The first-order valence-electron chi connectivity index (χ1n) is 8.37. The van der Waals surface area contributed by atoms with Crippen molar-refractivity contribution < 1.29 is 4.79 Å². The summed E-state index contributed by atoms with van der Waals surface area (Å²) in [6, 6.07) is 16.8. The van der Waals surface area contributed by atoms with Gasteiger partial charge in [0.25, 0.3) is 0 Å². The predicted molar refractivity (Wildman–Crippen MR) is 97.0 cm³/mol. The number of rotatable bonds is 6. The number of carbonyl (C=O) groups excluding carboxylic acids is 1. The van der Waals surface area contributed by atoms with Gasteiger partial charge in [-0.05, 0) is 31.0 Å². The number of hydrogen-bond acceptors (Lipinski definition) is 2. The molecule has 0 aliphatic rings. The maximum atomic E-state index is 11.0. The number of carbonyl (C=O) groups is 1. The third-order valence-electron chi connectivity index (χ3n) is 4.11. The number of aryl methyl sites for hydroxylation is 2. The maximum Gasteiger partial charge on any atom is 0.216 e. The third-order valence-corrected chi connectivity index (χ3v) is 4.11. The molecule has 3 aromatic rings. The van der Waals surface area contributed by atoms with E-state index in [0.29, 0.717) is 6.54 Å². The van der Waals surface area contributed by atoms with Crippen molar-refractivity contribution in [3.63, 3.8) is 0 Å². The van der Waals surface area contributed by atoms with Crippen LogP contribution >= 0.6 is 0 Å². The molecule has 0 atom stereocenters. The van der Waals surface area contributed by atoms with Gasteiger partial charge in [-0.2, -0.15) is 0 Å². The van der Waals surface area contributed by atoms with Crippen LogP contribution in [0.2, 0.25) is 0 Å². The molecule has 0 bridgehead atoms. The highest BCUT2D eigenvalue weighted by atomic mass is 16.1. The molecule has 0 radical (unpaired) electrons. The fourth-order valence-corrected chi connectivity index (χ4v) is 3.00. The summed E-state index contributed by atoms with van der Waals surface area (Å²) >= 11 is 0. The van der Waals surface area contributed by atoms with Gasteiger partial charge in [-0.15, -0.1) is 0 Å². The largest absolute Gasteiger partial charge is 0.356 e. The van der Waals surface area contributed by atoms with E-state index in [1.807, 2.05) is 6.07 Å². The maximum absolute atomic E-state index is 11.0. The van der Waals surface area contributed by atoms with Crippen LogP contribution in [0, 0.1) is 6.92 Å². The van der Waals surface area contributed by atoms with Crippen molar-refractivity contribution >= 4 is 16.9 Å². The first-order valence-corrected chi connectivity index (χ1v) is 8.37. The van der Waals surface area contributed by atoms with Crippen LogP contribution in [0.3, 0.4) is 0 Å². The van der Waals surface area contributed by atoms with Gasteiger partial charge in [0, 0.05) is 26.4 Å². The van der Waals surface area contributed by atoms with E-state index in [1.54, 1.807) is 6.92 Å². The number of amides is 1. The van der Waals surface area contributed by atoms with E-state index in [2.05, 4.69) is 59.3 Å². The molecule has 0 aliphatic heterocycles. The molecule has 0 saturated carbocycles. The highest BCUT2D eigenvalue weighted by molar-refractivity contribution is 5.76. The minimum Gasteiger partial charge on any atom is -0.356 e. The van der Waals surface area contributed by atoms with Gasteiger partial charge in [0.1, 0.15) is 5.82 Å². The van der Waals surface area contributed by atoms with Gasteiger partial charge >= 0.3 is 0 Å². The molecule has 0 spiro atoms. The molecular weight excluding hydrogens is 298 g/mol. The van der Waals surface area contributed by atoms with Crippen molar-refractivity contribution in [1.29, 1.82) is 0 Å². The quantitative estimate of drug-likeness (QED) is 0.707. The van der Waals surface area contributed by atoms with E-state index < -0.39 is 0 Å². The highest BCUT2D eigenvalue weighted by Gasteiger charge is 2.10. The standard InChI is InChI=1S/C20H23N3O/c1-15-7-5-8-17(13-15)14-23-19-10-4-3-9-18(19)22-20(23)11-6-12-21-16(2)24/h3-5,7-10,13H,6,11-12,14H2,1-2H3,(H,21,24). The predicted octanol–water partition coefficient (Wildman–Crippen LogP) is 3.46. The highest BCUT2D eigenvalue weighted by Crippen LogP contribution is 2.19. The molecule has 3 rings (SSSR count). The van der Waals surface area contributed by atoms with E-state index in [1.165, 1.54) is 11.1 Å². The molecule has 0 unspecified atom stereocenters. The Balaban J connectivity index is 1.86. The minimum absolute atomic E-state index is 0.0169. The van der Waals surface area contributed by atoms with Crippen LogP contribution in [0.5, 0.6) is 0 Å². The van der Waals surface area contributed by atoms with Crippen molar-refractivity contribution in [2.75, 3.05) is 6.54 Å². The molecule has 1 N–H and O–H groups in total. The Labute approximate surface area is 142 Å². The number of para-hydroxylation sites is 2. The Morgan fingerprint density at radius 3 is 2.79 bits per heavy atom. The second kappa shape index (κ2) is 7.30. The smallest absolute Gasteiger partial charge is 0.216 e. The summed E-state index contributed by atoms with van der Waals surface area (Å²) in [5, 5.41) is 2.85. The molecule has 4 nitrogen and oxygen atoms in total. The van der Waals surface area contributed by atoms with Crippen LogP contribution in [0.15, 0.2) is 48.5 Å². The Morgan fingerprint density at radius 2 is 2.00 bits per heavy atom. The number of hydrogen-bond donors (Lipinski definition) is 1. The summed E-state index contributed by atoms with van der Waals surface area (Å²) in [6.45, 7) is 5.16. The molecule has 2 aromatic carbocycles. The molecule has 24 heavy (non-hydrogen) atoms. The van der Waals surface area contributed by atoms with Gasteiger partial charge in [-0.3, -0.25) is 4.79 Å². The minimum atomic E-state index is 0.0169. The molecule has 0 saturated heterocycles. The molecule has 0 fully saturated rings. The van der Waals surface area contributed by atoms with Crippen molar-refractivity contribution in [3.05, 3.63) is 65.5 Å². The normalized spacial score (nSPS) is 10.9. The van der Waals surface area contributed by atoms with Gasteiger partial charge in [-0.1, -0.05) is 42.0 Å². The fourth-order valence-electron chi connectivity index (χ4n) is 3.00. The number of aromatic nitrogens is 2. The van der Waals surface area contributed by atoms with Crippen LogP contribution in [-0.2, 0) is 17.8 Å². The van der Waals surface area contributed by atoms with E-state index >= 15 is 0 Å². The molecule has 4 heteroatoms. The van der Waals surface area contributed by atoms with E-state index in [4.69, 9.17) is 4.98 Å². The van der Waals surface area contributed by atoms with Gasteiger partial charge in [-0.25, -0.2) is 4.98 Å². The van der Waals surface area contributed by atoms with Crippen molar-refractivity contribution in [2.45, 2.75) is 33.2 Å². The zero-order valence-corrected chi connectivity index (χ0v) is 14.2. The first-order chi connectivity index (χ1) is 11.6. The molecule has 0 aliphatic carbocycles. The van der Waals surface area contributed by atoms with Crippen LogP contribution in [0.1, 0.15) is 30.3 Å². The summed E-state index contributed by atoms with van der Waals surface area (Å²) in [5.41, 5.74) is 4.73. The summed E-state index contributed by atoms with van der Waals surface area (Å²) < 4.78 is 2.29. The Bertz CT molecular complexity index is 851. The lowest BCUT2D eigenvalue weighted by Gasteiger charge is -2.10. The van der Waals surface area contributed by atoms with Gasteiger partial charge in [0.2, 0.25) is 5.91 Å². The zero-order chi connectivity index (χ0) is 16.9.